The second-order valence-electron chi connectivity index (χ2n) is 5.36. The van der Waals surface area contributed by atoms with Crippen LogP contribution in [0.2, 0.25) is 0 Å². The summed E-state index contributed by atoms with van der Waals surface area (Å²) < 4.78 is 14.0. The molecule has 0 saturated heterocycles. The summed E-state index contributed by atoms with van der Waals surface area (Å²) in [6.45, 7) is 2.61. The number of fused-ring (bicyclic) bond motifs is 1. The van der Waals surface area contributed by atoms with Crippen LogP contribution in [-0.4, -0.2) is 17.4 Å². The molecule has 0 spiro atoms. The van der Waals surface area contributed by atoms with E-state index in [1.165, 1.54) is 6.07 Å². The lowest BCUT2D eigenvalue weighted by Gasteiger charge is -2.35. The van der Waals surface area contributed by atoms with Gasteiger partial charge in [0.05, 0.1) is 6.04 Å². The maximum atomic E-state index is 14.0. The van der Waals surface area contributed by atoms with Crippen LogP contribution in [0.3, 0.4) is 0 Å². The third-order valence-corrected chi connectivity index (χ3v) is 4.23. The first-order valence-corrected chi connectivity index (χ1v) is 6.96. The second-order valence-corrected chi connectivity index (χ2v) is 5.36. The molecule has 1 heterocycles. The molecule has 3 heteroatoms. The molecule has 0 radical (unpaired) electrons. The Morgan fingerprint density at radius 1 is 1.37 bits per heavy atom. The van der Waals surface area contributed by atoms with E-state index in [9.17, 15) is 9.18 Å². The van der Waals surface area contributed by atoms with E-state index in [1.807, 2.05) is 24.0 Å². The Morgan fingerprint density at radius 2 is 2.21 bits per heavy atom. The van der Waals surface area contributed by atoms with Crippen molar-refractivity contribution < 1.29 is 9.18 Å². The topological polar surface area (TPSA) is 20.3 Å². The van der Waals surface area contributed by atoms with Crippen molar-refractivity contribution in [1.29, 1.82) is 0 Å². The van der Waals surface area contributed by atoms with Crippen molar-refractivity contribution >= 4 is 5.91 Å². The predicted molar refractivity (Wildman–Crippen MR) is 72.2 cm³/mol. The SMILES string of the molecule is C[C@@H]1c2c(F)cccc2CCN1C(=O)C1=CCCC1. The van der Waals surface area contributed by atoms with Gasteiger partial charge in [-0.3, -0.25) is 4.79 Å². The van der Waals surface area contributed by atoms with Crippen LogP contribution in [-0.2, 0) is 11.2 Å². The lowest BCUT2D eigenvalue weighted by Crippen LogP contribution is -2.39. The maximum absolute atomic E-state index is 14.0. The van der Waals surface area contributed by atoms with Crippen molar-refractivity contribution in [3.05, 3.63) is 46.8 Å². The fraction of sp³-hybridized carbons (Fsp3) is 0.438. The molecule has 3 rings (SSSR count). The standard InChI is InChI=1S/C16H18FNO/c1-11-15-12(7-4-8-14(15)17)9-10-18(11)16(19)13-5-2-3-6-13/h4-5,7-8,11H,2-3,6,9-10H2,1H3/t11-/m1/s1. The van der Waals surface area contributed by atoms with Crippen LogP contribution in [0, 0.1) is 5.82 Å². The molecule has 0 unspecified atom stereocenters. The molecule has 0 saturated carbocycles. The normalized spacial score (nSPS) is 22.1. The predicted octanol–water partition coefficient (Wildman–Crippen LogP) is 3.38. The number of carbonyl (C=O) groups excluding carboxylic acids is 1. The number of nitrogens with zero attached hydrogens (tertiary/aromatic N) is 1. The fourth-order valence-electron chi connectivity index (χ4n) is 3.18. The number of amides is 1. The molecule has 0 fully saturated rings. The van der Waals surface area contributed by atoms with Gasteiger partial charge in [0.2, 0.25) is 5.91 Å². The van der Waals surface area contributed by atoms with Crippen LogP contribution in [0.15, 0.2) is 29.8 Å². The van der Waals surface area contributed by atoms with Crippen molar-refractivity contribution in [3.8, 4) is 0 Å². The minimum Gasteiger partial charge on any atom is -0.332 e. The Hall–Kier alpha value is -1.64. The van der Waals surface area contributed by atoms with Crippen molar-refractivity contribution in [3.63, 3.8) is 0 Å². The smallest absolute Gasteiger partial charge is 0.249 e. The summed E-state index contributed by atoms with van der Waals surface area (Å²) in [6.07, 6.45) is 5.71. The Bertz CT molecular complexity index is 550. The summed E-state index contributed by atoms with van der Waals surface area (Å²) in [5.41, 5.74) is 2.64. The Morgan fingerprint density at radius 3 is 2.95 bits per heavy atom. The molecule has 100 valence electrons. The zero-order valence-corrected chi connectivity index (χ0v) is 11.2. The zero-order chi connectivity index (χ0) is 13.4. The number of halogens is 1. The second kappa shape index (κ2) is 4.80. The van der Waals surface area contributed by atoms with Crippen LogP contribution in [0.1, 0.15) is 43.4 Å². The van der Waals surface area contributed by atoms with Gasteiger partial charge < -0.3 is 4.90 Å². The van der Waals surface area contributed by atoms with Gasteiger partial charge in [-0.1, -0.05) is 18.2 Å². The lowest BCUT2D eigenvalue weighted by molar-refractivity contribution is -0.129. The first-order valence-electron chi connectivity index (χ1n) is 6.96. The quantitative estimate of drug-likeness (QED) is 0.757. The first kappa shape index (κ1) is 12.4. The van der Waals surface area contributed by atoms with Crippen LogP contribution >= 0.6 is 0 Å². The van der Waals surface area contributed by atoms with E-state index in [2.05, 4.69) is 0 Å². The number of hydrogen-bond acceptors (Lipinski definition) is 1. The summed E-state index contributed by atoms with van der Waals surface area (Å²) in [6, 6.07) is 5.03. The molecular weight excluding hydrogens is 241 g/mol. The van der Waals surface area contributed by atoms with Crippen molar-refractivity contribution in [2.75, 3.05) is 6.54 Å². The molecule has 1 aliphatic heterocycles. The number of allylic oxidation sites excluding steroid dienone is 1. The van der Waals surface area contributed by atoms with Gasteiger partial charge in [0.15, 0.2) is 0 Å². The summed E-state index contributed by atoms with van der Waals surface area (Å²) in [5.74, 6) is -0.0956. The fourth-order valence-corrected chi connectivity index (χ4v) is 3.18. The first-order chi connectivity index (χ1) is 9.18. The molecule has 1 amide bonds. The summed E-state index contributed by atoms with van der Waals surface area (Å²) >= 11 is 0. The van der Waals surface area contributed by atoms with E-state index < -0.39 is 0 Å². The van der Waals surface area contributed by atoms with Crippen LogP contribution < -0.4 is 0 Å². The number of benzene rings is 1. The van der Waals surface area contributed by atoms with Gasteiger partial charge in [-0.25, -0.2) is 4.39 Å². The summed E-state index contributed by atoms with van der Waals surface area (Å²) in [4.78, 5) is 14.3. The highest BCUT2D eigenvalue weighted by Crippen LogP contribution is 2.33. The third-order valence-electron chi connectivity index (χ3n) is 4.23. The Kier molecular flexibility index (Phi) is 3.13. The Labute approximate surface area is 112 Å². The summed E-state index contributed by atoms with van der Waals surface area (Å²) in [5, 5.41) is 0. The summed E-state index contributed by atoms with van der Waals surface area (Å²) in [7, 11) is 0. The van der Waals surface area contributed by atoms with E-state index in [0.29, 0.717) is 12.1 Å². The zero-order valence-electron chi connectivity index (χ0n) is 11.2. The van der Waals surface area contributed by atoms with E-state index in [1.54, 1.807) is 6.07 Å². The van der Waals surface area contributed by atoms with E-state index >= 15 is 0 Å². The largest absolute Gasteiger partial charge is 0.332 e. The number of hydrogen-bond donors (Lipinski definition) is 0. The third kappa shape index (κ3) is 2.07. The van der Waals surface area contributed by atoms with Gasteiger partial charge in [-0.05, 0) is 44.2 Å². The average Bonchev–Trinajstić information content (AvgIpc) is 2.92. The molecule has 1 aromatic carbocycles. The lowest BCUT2D eigenvalue weighted by atomic mass is 9.92. The Balaban J connectivity index is 1.91. The highest BCUT2D eigenvalue weighted by atomic mass is 19.1. The molecule has 2 nitrogen and oxygen atoms in total. The van der Waals surface area contributed by atoms with Gasteiger partial charge in [0, 0.05) is 17.7 Å². The van der Waals surface area contributed by atoms with Gasteiger partial charge >= 0.3 is 0 Å². The van der Waals surface area contributed by atoms with Crippen LogP contribution in [0.25, 0.3) is 0 Å². The van der Waals surface area contributed by atoms with Gasteiger partial charge in [-0.15, -0.1) is 0 Å². The van der Waals surface area contributed by atoms with Gasteiger partial charge in [0.1, 0.15) is 5.82 Å². The molecule has 1 aromatic rings. The number of rotatable bonds is 1. The van der Waals surface area contributed by atoms with Gasteiger partial charge in [-0.2, -0.15) is 0 Å². The molecule has 0 aromatic heterocycles. The minimum absolute atomic E-state index is 0.0962. The highest BCUT2D eigenvalue weighted by Gasteiger charge is 2.31. The molecule has 1 atom stereocenters. The minimum atomic E-state index is -0.192. The van der Waals surface area contributed by atoms with Crippen LogP contribution in [0.5, 0.6) is 0 Å². The van der Waals surface area contributed by atoms with Crippen molar-refractivity contribution in [1.82, 2.24) is 4.90 Å². The van der Waals surface area contributed by atoms with E-state index in [-0.39, 0.29) is 17.8 Å². The molecule has 0 N–H and O–H groups in total. The molecule has 19 heavy (non-hydrogen) atoms. The van der Waals surface area contributed by atoms with Crippen LogP contribution in [0.4, 0.5) is 4.39 Å². The molecular formula is C16H18FNO. The average molecular weight is 259 g/mol. The molecule has 1 aliphatic carbocycles. The van der Waals surface area contributed by atoms with Gasteiger partial charge in [0.25, 0.3) is 0 Å². The van der Waals surface area contributed by atoms with E-state index in [0.717, 1.165) is 36.8 Å². The maximum Gasteiger partial charge on any atom is 0.249 e. The van der Waals surface area contributed by atoms with Crippen molar-refractivity contribution in [2.45, 2.75) is 38.6 Å². The number of carbonyl (C=O) groups is 1. The monoisotopic (exact) mass is 259 g/mol. The molecule has 0 bridgehead atoms. The van der Waals surface area contributed by atoms with E-state index in [4.69, 9.17) is 0 Å². The highest BCUT2D eigenvalue weighted by molar-refractivity contribution is 5.94. The molecule has 2 aliphatic rings. The van der Waals surface area contributed by atoms with Crippen molar-refractivity contribution in [2.24, 2.45) is 0 Å².